The molecule has 0 amide bonds. The Hall–Kier alpha value is -1.38. The van der Waals surface area contributed by atoms with Crippen molar-refractivity contribution in [1.29, 1.82) is 0 Å². The Labute approximate surface area is 72.1 Å². The molecule has 2 nitrogen and oxygen atoms in total. The molecular weight excluding hydrogens is 147 g/mol. The Kier molecular flexibility index (Phi) is 1.78. The summed E-state index contributed by atoms with van der Waals surface area (Å²) in [4.78, 5) is 8.38. The average molecular weight is 154 g/mol. The van der Waals surface area contributed by atoms with Crippen LogP contribution in [0.25, 0.3) is 11.0 Å². The predicted octanol–water partition coefficient (Wildman–Crippen LogP) is 1.30. The van der Waals surface area contributed by atoms with Gasteiger partial charge in [-0.05, 0) is 11.6 Å². The van der Waals surface area contributed by atoms with Gasteiger partial charge >= 0.3 is 0 Å². The summed E-state index contributed by atoms with van der Waals surface area (Å²) in [5.74, 6) is 0. The Morgan fingerprint density at radius 2 is 2.00 bits per heavy atom. The molecule has 0 unspecified atom stereocenters. The van der Waals surface area contributed by atoms with E-state index in [9.17, 15) is 0 Å². The highest BCUT2D eigenvalue weighted by Crippen LogP contribution is 2.12. The third kappa shape index (κ3) is 1.07. The van der Waals surface area contributed by atoms with Gasteiger partial charge in [0.25, 0.3) is 0 Å². The van der Waals surface area contributed by atoms with Gasteiger partial charge in [-0.3, -0.25) is 9.97 Å². The third-order valence-corrected chi connectivity index (χ3v) is 1.80. The van der Waals surface area contributed by atoms with E-state index < -0.39 is 0 Å². The molecule has 3 heteroatoms. The minimum absolute atomic E-state index is 0.510. The molecule has 0 saturated heterocycles. The van der Waals surface area contributed by atoms with Gasteiger partial charge in [0.2, 0.25) is 0 Å². The van der Waals surface area contributed by atoms with E-state index in [1.54, 1.807) is 12.4 Å². The molecule has 0 aliphatic carbocycles. The van der Waals surface area contributed by atoms with E-state index in [0.29, 0.717) is 6.32 Å². The topological polar surface area (TPSA) is 25.8 Å². The van der Waals surface area contributed by atoms with Crippen molar-refractivity contribution in [3.63, 3.8) is 0 Å². The summed E-state index contributed by atoms with van der Waals surface area (Å²) in [5, 5.41) is 0. The molecule has 2 aromatic rings. The molecule has 0 spiro atoms. The average Bonchev–Trinajstić information content (AvgIpc) is 2.17. The van der Waals surface area contributed by atoms with Crippen molar-refractivity contribution >= 4 is 18.9 Å². The minimum Gasteiger partial charge on any atom is -0.253 e. The van der Waals surface area contributed by atoms with Crippen LogP contribution in [0.1, 0.15) is 5.56 Å². The molecule has 0 aliphatic rings. The fourth-order valence-corrected chi connectivity index (χ4v) is 1.22. The molecule has 0 saturated carbocycles. The Bertz CT molecular complexity index is 395. The van der Waals surface area contributed by atoms with E-state index in [-0.39, 0.29) is 0 Å². The Morgan fingerprint density at radius 1 is 1.17 bits per heavy atom. The minimum atomic E-state index is 0.510. The lowest BCUT2D eigenvalue weighted by molar-refractivity contribution is 1.26. The van der Waals surface area contributed by atoms with Gasteiger partial charge in [-0.15, -0.1) is 0 Å². The van der Waals surface area contributed by atoms with Crippen molar-refractivity contribution < 1.29 is 0 Å². The van der Waals surface area contributed by atoms with E-state index in [0.717, 1.165) is 16.6 Å². The number of rotatable bonds is 1. The monoisotopic (exact) mass is 154 g/mol. The quantitative estimate of drug-likeness (QED) is 0.578. The van der Waals surface area contributed by atoms with Crippen LogP contribution in [0.15, 0.2) is 30.6 Å². The van der Waals surface area contributed by atoms with Gasteiger partial charge in [-0.2, -0.15) is 0 Å². The summed E-state index contributed by atoms with van der Waals surface area (Å²) < 4.78 is 0. The van der Waals surface area contributed by atoms with Crippen LogP contribution in [0.5, 0.6) is 0 Å². The van der Waals surface area contributed by atoms with Gasteiger partial charge < -0.3 is 0 Å². The van der Waals surface area contributed by atoms with E-state index in [1.165, 1.54) is 0 Å². The van der Waals surface area contributed by atoms with Crippen LogP contribution >= 0.6 is 0 Å². The van der Waals surface area contributed by atoms with Gasteiger partial charge in [-0.1, -0.05) is 18.5 Å². The van der Waals surface area contributed by atoms with Gasteiger partial charge in [0.15, 0.2) is 0 Å². The van der Waals surface area contributed by atoms with Gasteiger partial charge in [0.05, 0.1) is 18.9 Å². The van der Waals surface area contributed by atoms with E-state index in [4.69, 9.17) is 7.85 Å². The lowest BCUT2D eigenvalue weighted by Gasteiger charge is -2.00. The second kappa shape index (κ2) is 2.93. The molecular formula is C9H7BN2. The number of aromatic nitrogens is 2. The second-order valence-corrected chi connectivity index (χ2v) is 2.55. The van der Waals surface area contributed by atoms with E-state index in [2.05, 4.69) is 9.97 Å². The van der Waals surface area contributed by atoms with Crippen molar-refractivity contribution in [2.45, 2.75) is 6.32 Å². The molecule has 0 fully saturated rings. The molecule has 12 heavy (non-hydrogen) atoms. The second-order valence-electron chi connectivity index (χ2n) is 2.55. The maximum Gasteiger partial charge on any atom is 0.0911 e. The van der Waals surface area contributed by atoms with Crippen molar-refractivity contribution in [1.82, 2.24) is 9.97 Å². The van der Waals surface area contributed by atoms with Crippen LogP contribution in [0, 0.1) is 0 Å². The first-order chi connectivity index (χ1) is 5.92. The van der Waals surface area contributed by atoms with Crippen LogP contribution in [-0.4, -0.2) is 17.8 Å². The summed E-state index contributed by atoms with van der Waals surface area (Å²) in [6.07, 6.45) is 3.88. The fraction of sp³-hybridized carbons (Fsp3) is 0.111. The zero-order chi connectivity index (χ0) is 8.39. The highest BCUT2D eigenvalue weighted by Gasteiger charge is 1.98. The summed E-state index contributed by atoms with van der Waals surface area (Å²) in [6.45, 7) is 0. The number of benzene rings is 1. The molecule has 0 atom stereocenters. The van der Waals surface area contributed by atoms with E-state index >= 15 is 0 Å². The van der Waals surface area contributed by atoms with Crippen molar-refractivity contribution in [3.05, 3.63) is 36.2 Å². The first-order valence-electron chi connectivity index (χ1n) is 3.80. The molecule has 0 aliphatic heterocycles. The molecule has 0 N–H and O–H groups in total. The number of hydrogen-bond acceptors (Lipinski definition) is 2. The van der Waals surface area contributed by atoms with Gasteiger partial charge in [0, 0.05) is 12.4 Å². The van der Waals surface area contributed by atoms with Crippen molar-refractivity contribution in [3.8, 4) is 0 Å². The molecule has 56 valence electrons. The zero-order valence-corrected chi connectivity index (χ0v) is 6.57. The highest BCUT2D eigenvalue weighted by atomic mass is 14.8. The van der Waals surface area contributed by atoms with Crippen molar-refractivity contribution in [2.24, 2.45) is 0 Å². The fourth-order valence-electron chi connectivity index (χ4n) is 1.22. The maximum absolute atomic E-state index is 5.55. The van der Waals surface area contributed by atoms with Crippen LogP contribution in [0.2, 0.25) is 0 Å². The smallest absolute Gasteiger partial charge is 0.0911 e. The van der Waals surface area contributed by atoms with Crippen LogP contribution in [0.4, 0.5) is 0 Å². The largest absolute Gasteiger partial charge is 0.253 e. The van der Waals surface area contributed by atoms with Crippen molar-refractivity contribution in [2.75, 3.05) is 0 Å². The standard InChI is InChI=1S/C9H7BN2/c10-6-7-2-1-3-8-9(7)12-5-4-11-8/h1-5H,6H2. The summed E-state index contributed by atoms with van der Waals surface area (Å²) in [6, 6.07) is 5.84. The lowest BCUT2D eigenvalue weighted by Crippen LogP contribution is -1.89. The number of nitrogens with zero attached hydrogens (tertiary/aromatic N) is 2. The number of para-hydroxylation sites is 1. The molecule has 1 aromatic carbocycles. The molecule has 1 aromatic heterocycles. The van der Waals surface area contributed by atoms with Crippen LogP contribution < -0.4 is 0 Å². The molecule has 1 heterocycles. The van der Waals surface area contributed by atoms with E-state index in [1.807, 2.05) is 18.2 Å². The summed E-state index contributed by atoms with van der Waals surface area (Å²) >= 11 is 0. The zero-order valence-electron chi connectivity index (χ0n) is 6.57. The summed E-state index contributed by atoms with van der Waals surface area (Å²) in [7, 11) is 5.55. The SMILES string of the molecule is [B]Cc1cccc2nccnc12. The first-order valence-corrected chi connectivity index (χ1v) is 3.80. The molecule has 2 radical (unpaired) electrons. The molecule has 0 bridgehead atoms. The highest BCUT2D eigenvalue weighted by molar-refractivity contribution is 6.09. The van der Waals surface area contributed by atoms with Gasteiger partial charge in [0.1, 0.15) is 0 Å². The summed E-state index contributed by atoms with van der Waals surface area (Å²) in [5.41, 5.74) is 2.85. The first kappa shape index (κ1) is 7.28. The van der Waals surface area contributed by atoms with Crippen LogP contribution in [-0.2, 0) is 6.32 Å². The number of hydrogen-bond donors (Lipinski definition) is 0. The Balaban J connectivity index is 2.79. The number of fused-ring (bicyclic) bond motifs is 1. The molecule has 2 rings (SSSR count). The van der Waals surface area contributed by atoms with Crippen LogP contribution in [0.3, 0.4) is 0 Å². The normalized spacial score (nSPS) is 10.3. The lowest BCUT2D eigenvalue weighted by atomic mass is 9.96. The maximum atomic E-state index is 5.55. The Morgan fingerprint density at radius 3 is 2.83 bits per heavy atom. The predicted molar refractivity (Wildman–Crippen MR) is 49.0 cm³/mol. The van der Waals surface area contributed by atoms with Gasteiger partial charge in [-0.25, -0.2) is 0 Å². The third-order valence-electron chi connectivity index (χ3n) is 1.80.